The predicted molar refractivity (Wildman–Crippen MR) is 66.2 cm³/mol. The minimum absolute atomic E-state index is 0.784. The molecule has 0 amide bonds. The van der Waals surface area contributed by atoms with Gasteiger partial charge in [-0.05, 0) is 40.0 Å². The van der Waals surface area contributed by atoms with Gasteiger partial charge >= 0.3 is 0 Å². The van der Waals surface area contributed by atoms with E-state index >= 15 is 0 Å². The molecule has 1 heterocycles. The average Bonchev–Trinajstić information content (AvgIpc) is 2.25. The molecule has 1 fully saturated rings. The Labute approximate surface area is 94.1 Å². The molecule has 0 spiro atoms. The van der Waals surface area contributed by atoms with Gasteiger partial charge in [-0.2, -0.15) is 0 Å². The lowest BCUT2D eigenvalue weighted by molar-refractivity contribution is 0.145. The molecule has 0 atom stereocenters. The molecule has 3 nitrogen and oxygen atoms in total. The van der Waals surface area contributed by atoms with E-state index in [0.717, 1.165) is 25.7 Å². The van der Waals surface area contributed by atoms with Crippen LogP contribution in [0.3, 0.4) is 0 Å². The number of hydrogen-bond acceptors (Lipinski definition) is 3. The summed E-state index contributed by atoms with van der Waals surface area (Å²) in [5.74, 6) is 0. The molecule has 15 heavy (non-hydrogen) atoms. The molecule has 1 N–H and O–H groups in total. The van der Waals surface area contributed by atoms with E-state index in [9.17, 15) is 0 Å². The van der Waals surface area contributed by atoms with Gasteiger partial charge in [-0.25, -0.2) is 0 Å². The van der Waals surface area contributed by atoms with E-state index in [0.29, 0.717) is 0 Å². The lowest BCUT2D eigenvalue weighted by atomic mass is 10.0. The summed E-state index contributed by atoms with van der Waals surface area (Å²) in [6.07, 6.45) is 4.54. The SMILES string of the molecule is C=CCNCCN(C)C1CCN(C)CC1. The smallest absolute Gasteiger partial charge is 0.0132 e. The number of piperidine rings is 1. The van der Waals surface area contributed by atoms with E-state index in [1.54, 1.807) is 0 Å². The van der Waals surface area contributed by atoms with Crippen LogP contribution in [0.4, 0.5) is 0 Å². The van der Waals surface area contributed by atoms with Crippen molar-refractivity contribution in [2.45, 2.75) is 18.9 Å². The van der Waals surface area contributed by atoms with Gasteiger partial charge in [-0.1, -0.05) is 6.08 Å². The van der Waals surface area contributed by atoms with Crippen molar-refractivity contribution in [3.63, 3.8) is 0 Å². The van der Waals surface area contributed by atoms with Crippen LogP contribution in [0.15, 0.2) is 12.7 Å². The van der Waals surface area contributed by atoms with Gasteiger partial charge in [0.1, 0.15) is 0 Å². The number of likely N-dealkylation sites (N-methyl/N-ethyl adjacent to an activating group) is 1. The summed E-state index contributed by atoms with van der Waals surface area (Å²) < 4.78 is 0. The summed E-state index contributed by atoms with van der Waals surface area (Å²) >= 11 is 0. The van der Waals surface area contributed by atoms with Crippen LogP contribution in [-0.4, -0.2) is 62.7 Å². The summed E-state index contributed by atoms with van der Waals surface area (Å²) in [4.78, 5) is 4.91. The van der Waals surface area contributed by atoms with Gasteiger partial charge in [0.2, 0.25) is 0 Å². The molecule has 0 saturated carbocycles. The number of likely N-dealkylation sites (tertiary alicyclic amines) is 1. The molecular weight excluding hydrogens is 186 g/mol. The van der Waals surface area contributed by atoms with E-state index < -0.39 is 0 Å². The first-order valence-corrected chi connectivity index (χ1v) is 5.94. The third-order valence-corrected chi connectivity index (χ3v) is 3.24. The molecule has 0 aromatic heterocycles. The summed E-state index contributed by atoms with van der Waals surface area (Å²) in [7, 11) is 4.45. The van der Waals surface area contributed by atoms with Crippen molar-refractivity contribution in [2.24, 2.45) is 0 Å². The molecule has 3 heteroatoms. The Hall–Kier alpha value is -0.380. The highest BCUT2D eigenvalue weighted by Crippen LogP contribution is 2.13. The van der Waals surface area contributed by atoms with Gasteiger partial charge in [0.15, 0.2) is 0 Å². The van der Waals surface area contributed by atoms with E-state index in [-0.39, 0.29) is 0 Å². The zero-order valence-corrected chi connectivity index (χ0v) is 10.2. The maximum atomic E-state index is 3.69. The van der Waals surface area contributed by atoms with Crippen molar-refractivity contribution in [3.8, 4) is 0 Å². The van der Waals surface area contributed by atoms with Crippen LogP contribution in [0.2, 0.25) is 0 Å². The van der Waals surface area contributed by atoms with E-state index in [4.69, 9.17) is 0 Å². The first-order chi connectivity index (χ1) is 7.24. The summed E-state index contributed by atoms with van der Waals surface area (Å²) in [5.41, 5.74) is 0. The molecule has 1 aliphatic rings. The van der Waals surface area contributed by atoms with Crippen LogP contribution in [0.25, 0.3) is 0 Å². The second kappa shape index (κ2) is 6.99. The Morgan fingerprint density at radius 2 is 2.13 bits per heavy atom. The number of hydrogen-bond donors (Lipinski definition) is 1. The number of rotatable bonds is 6. The van der Waals surface area contributed by atoms with Gasteiger partial charge in [0.05, 0.1) is 0 Å². The van der Waals surface area contributed by atoms with Gasteiger partial charge in [-0.3, -0.25) is 0 Å². The third kappa shape index (κ3) is 4.78. The van der Waals surface area contributed by atoms with Crippen molar-refractivity contribution < 1.29 is 0 Å². The fourth-order valence-corrected chi connectivity index (χ4v) is 2.08. The van der Waals surface area contributed by atoms with Crippen molar-refractivity contribution >= 4 is 0 Å². The summed E-state index contributed by atoms with van der Waals surface area (Å²) in [6, 6.07) is 0.784. The van der Waals surface area contributed by atoms with Crippen LogP contribution in [0, 0.1) is 0 Å². The van der Waals surface area contributed by atoms with Gasteiger partial charge in [-0.15, -0.1) is 6.58 Å². The first-order valence-electron chi connectivity index (χ1n) is 5.94. The second-order valence-electron chi connectivity index (χ2n) is 4.51. The van der Waals surface area contributed by atoms with Crippen molar-refractivity contribution in [1.82, 2.24) is 15.1 Å². The summed E-state index contributed by atoms with van der Waals surface area (Å²) in [6.45, 7) is 9.31. The second-order valence-corrected chi connectivity index (χ2v) is 4.51. The van der Waals surface area contributed by atoms with Crippen molar-refractivity contribution in [3.05, 3.63) is 12.7 Å². The van der Waals surface area contributed by atoms with Gasteiger partial charge in [0.25, 0.3) is 0 Å². The number of nitrogens with one attached hydrogen (secondary N) is 1. The molecule has 1 aliphatic heterocycles. The molecule has 0 aliphatic carbocycles. The largest absolute Gasteiger partial charge is 0.312 e. The highest BCUT2D eigenvalue weighted by atomic mass is 15.2. The predicted octanol–water partition coefficient (Wildman–Crippen LogP) is 0.788. The minimum Gasteiger partial charge on any atom is -0.312 e. The topological polar surface area (TPSA) is 18.5 Å². The fourth-order valence-electron chi connectivity index (χ4n) is 2.08. The molecule has 0 radical (unpaired) electrons. The molecule has 1 rings (SSSR count). The molecule has 0 aromatic rings. The van der Waals surface area contributed by atoms with E-state index in [2.05, 4.69) is 35.8 Å². The van der Waals surface area contributed by atoms with Crippen molar-refractivity contribution in [2.75, 3.05) is 46.8 Å². The van der Waals surface area contributed by atoms with Crippen LogP contribution in [0.1, 0.15) is 12.8 Å². The van der Waals surface area contributed by atoms with Crippen LogP contribution in [0.5, 0.6) is 0 Å². The minimum atomic E-state index is 0.784. The molecular formula is C12H25N3. The highest BCUT2D eigenvalue weighted by Gasteiger charge is 2.19. The van der Waals surface area contributed by atoms with Crippen LogP contribution in [-0.2, 0) is 0 Å². The maximum absolute atomic E-state index is 3.69. The van der Waals surface area contributed by atoms with E-state index in [1.165, 1.54) is 25.9 Å². The van der Waals surface area contributed by atoms with Crippen LogP contribution >= 0.6 is 0 Å². The Balaban J connectivity index is 2.10. The molecule has 0 unspecified atom stereocenters. The lowest BCUT2D eigenvalue weighted by Gasteiger charge is -2.35. The Morgan fingerprint density at radius 1 is 1.47 bits per heavy atom. The highest BCUT2D eigenvalue weighted by molar-refractivity contribution is 4.77. The first kappa shape index (κ1) is 12.7. The zero-order valence-electron chi connectivity index (χ0n) is 10.2. The quantitative estimate of drug-likeness (QED) is 0.517. The van der Waals surface area contributed by atoms with Crippen molar-refractivity contribution in [1.29, 1.82) is 0 Å². The van der Waals surface area contributed by atoms with E-state index in [1.807, 2.05) is 6.08 Å². The molecule has 88 valence electrons. The number of nitrogens with zero attached hydrogens (tertiary/aromatic N) is 2. The Morgan fingerprint density at radius 3 is 2.73 bits per heavy atom. The lowest BCUT2D eigenvalue weighted by Crippen LogP contribution is -2.44. The molecule has 1 saturated heterocycles. The molecule has 0 bridgehead atoms. The standard InChI is InChI=1S/C12H25N3/c1-4-7-13-8-11-15(3)12-5-9-14(2)10-6-12/h4,12-13H,1,5-11H2,2-3H3. The van der Waals surface area contributed by atoms with Gasteiger partial charge < -0.3 is 15.1 Å². The third-order valence-electron chi connectivity index (χ3n) is 3.24. The Kier molecular flexibility index (Phi) is 5.91. The average molecular weight is 211 g/mol. The maximum Gasteiger partial charge on any atom is 0.0132 e. The van der Waals surface area contributed by atoms with Gasteiger partial charge in [0, 0.05) is 25.7 Å². The monoisotopic (exact) mass is 211 g/mol. The summed E-state index contributed by atoms with van der Waals surface area (Å²) in [5, 5.41) is 3.34. The molecule has 0 aromatic carbocycles. The van der Waals surface area contributed by atoms with Crippen LogP contribution < -0.4 is 5.32 Å². The normalized spacial score (nSPS) is 19.7. The Bertz CT molecular complexity index is 174. The fraction of sp³-hybridized carbons (Fsp3) is 0.833. The zero-order chi connectivity index (χ0) is 11.1.